The Balaban J connectivity index is 2.13. The van der Waals surface area contributed by atoms with Crippen molar-refractivity contribution in [2.24, 2.45) is 0 Å². The quantitative estimate of drug-likeness (QED) is 0.806. The summed E-state index contributed by atoms with van der Waals surface area (Å²) in [5, 5.41) is 3.20. The Labute approximate surface area is 97.3 Å². The van der Waals surface area contributed by atoms with Crippen molar-refractivity contribution in [2.45, 2.75) is 6.54 Å². The Kier molecular flexibility index (Phi) is 3.74. The molecule has 0 aliphatic carbocycles. The Morgan fingerprint density at radius 3 is 2.75 bits per heavy atom. The minimum atomic E-state index is 0.884. The molecule has 16 heavy (non-hydrogen) atoms. The van der Waals surface area contributed by atoms with Crippen LogP contribution in [0.2, 0.25) is 0 Å². The van der Waals surface area contributed by atoms with Crippen molar-refractivity contribution in [3.8, 4) is 0 Å². The van der Waals surface area contributed by atoms with E-state index in [0.717, 1.165) is 32.7 Å². The van der Waals surface area contributed by atoms with Crippen LogP contribution in [0.1, 0.15) is 5.56 Å². The summed E-state index contributed by atoms with van der Waals surface area (Å²) >= 11 is 0. The maximum Gasteiger partial charge on any atom is 0.0443 e. The van der Waals surface area contributed by atoms with E-state index in [1.807, 2.05) is 19.4 Å². The molecular weight excluding hydrogens is 200 g/mol. The van der Waals surface area contributed by atoms with Crippen molar-refractivity contribution >= 4 is 5.69 Å². The van der Waals surface area contributed by atoms with Gasteiger partial charge in [0, 0.05) is 56.4 Å². The highest BCUT2D eigenvalue weighted by Gasteiger charge is 2.16. The van der Waals surface area contributed by atoms with Gasteiger partial charge in [-0.05, 0) is 20.2 Å². The molecule has 0 spiro atoms. The summed E-state index contributed by atoms with van der Waals surface area (Å²) in [7, 11) is 4.15. The molecule has 1 aliphatic heterocycles. The Morgan fingerprint density at radius 2 is 2.06 bits per heavy atom. The molecule has 0 amide bonds. The number of anilines is 1. The number of pyridine rings is 1. The van der Waals surface area contributed by atoms with Crippen LogP contribution >= 0.6 is 0 Å². The van der Waals surface area contributed by atoms with Gasteiger partial charge in [0.1, 0.15) is 0 Å². The third-order valence-corrected chi connectivity index (χ3v) is 3.09. The SMILES string of the molecule is CNCc1cnccc1N1CCN(C)CC1. The molecule has 1 fully saturated rings. The van der Waals surface area contributed by atoms with Crippen LogP contribution in [0.5, 0.6) is 0 Å². The molecule has 0 aromatic carbocycles. The molecule has 1 aliphatic rings. The first kappa shape index (κ1) is 11.4. The maximum atomic E-state index is 4.20. The fraction of sp³-hybridized carbons (Fsp3) is 0.583. The molecule has 0 radical (unpaired) electrons. The average molecular weight is 220 g/mol. The van der Waals surface area contributed by atoms with Gasteiger partial charge < -0.3 is 15.1 Å². The van der Waals surface area contributed by atoms with E-state index >= 15 is 0 Å². The lowest BCUT2D eigenvalue weighted by Gasteiger charge is -2.35. The summed E-state index contributed by atoms with van der Waals surface area (Å²) in [6.07, 6.45) is 3.84. The van der Waals surface area contributed by atoms with Crippen molar-refractivity contribution in [1.29, 1.82) is 0 Å². The zero-order chi connectivity index (χ0) is 11.4. The minimum Gasteiger partial charge on any atom is -0.369 e. The van der Waals surface area contributed by atoms with Gasteiger partial charge in [-0.25, -0.2) is 0 Å². The van der Waals surface area contributed by atoms with E-state index in [4.69, 9.17) is 0 Å². The molecule has 2 heterocycles. The first-order valence-electron chi connectivity index (χ1n) is 5.82. The van der Waals surface area contributed by atoms with E-state index in [1.54, 1.807) is 0 Å². The highest BCUT2D eigenvalue weighted by Crippen LogP contribution is 2.20. The average Bonchev–Trinajstić information content (AvgIpc) is 2.32. The van der Waals surface area contributed by atoms with Crippen LogP contribution < -0.4 is 10.2 Å². The predicted molar refractivity (Wildman–Crippen MR) is 66.7 cm³/mol. The standard InChI is InChI=1S/C12H20N4/c1-13-9-11-10-14-4-3-12(11)16-7-5-15(2)6-8-16/h3-4,10,13H,5-9H2,1-2H3. The number of hydrogen-bond acceptors (Lipinski definition) is 4. The van der Waals surface area contributed by atoms with E-state index < -0.39 is 0 Å². The van der Waals surface area contributed by atoms with E-state index in [2.05, 4.69) is 33.2 Å². The molecule has 2 rings (SSSR count). The van der Waals surface area contributed by atoms with Crippen LogP contribution in [0.3, 0.4) is 0 Å². The number of hydrogen-bond donors (Lipinski definition) is 1. The van der Waals surface area contributed by atoms with Crippen molar-refractivity contribution in [1.82, 2.24) is 15.2 Å². The van der Waals surface area contributed by atoms with Gasteiger partial charge >= 0.3 is 0 Å². The normalized spacial score (nSPS) is 17.8. The van der Waals surface area contributed by atoms with Crippen LogP contribution in [0.15, 0.2) is 18.5 Å². The number of aromatic nitrogens is 1. The summed E-state index contributed by atoms with van der Waals surface area (Å²) < 4.78 is 0. The van der Waals surface area contributed by atoms with Gasteiger partial charge in [0.15, 0.2) is 0 Å². The summed E-state index contributed by atoms with van der Waals surface area (Å²) in [4.78, 5) is 9.02. The Hall–Kier alpha value is -1.13. The van der Waals surface area contributed by atoms with E-state index in [1.165, 1.54) is 11.3 Å². The maximum absolute atomic E-state index is 4.20. The van der Waals surface area contributed by atoms with Crippen molar-refractivity contribution < 1.29 is 0 Å². The first-order chi connectivity index (χ1) is 7.81. The minimum absolute atomic E-state index is 0.884. The predicted octanol–water partition coefficient (Wildman–Crippen LogP) is 0.553. The van der Waals surface area contributed by atoms with E-state index in [0.29, 0.717) is 0 Å². The van der Waals surface area contributed by atoms with Gasteiger partial charge in [0.05, 0.1) is 0 Å². The van der Waals surface area contributed by atoms with Gasteiger partial charge in [0.2, 0.25) is 0 Å². The number of likely N-dealkylation sites (N-methyl/N-ethyl adjacent to an activating group) is 1. The molecule has 0 atom stereocenters. The first-order valence-corrected chi connectivity index (χ1v) is 5.82. The second-order valence-electron chi connectivity index (χ2n) is 4.33. The van der Waals surface area contributed by atoms with Gasteiger partial charge in [-0.2, -0.15) is 0 Å². The second kappa shape index (κ2) is 5.27. The molecule has 1 aromatic heterocycles. The van der Waals surface area contributed by atoms with Crippen LogP contribution in [0, 0.1) is 0 Å². The zero-order valence-electron chi connectivity index (χ0n) is 10.1. The van der Waals surface area contributed by atoms with E-state index in [9.17, 15) is 0 Å². The number of nitrogens with one attached hydrogen (secondary N) is 1. The highest BCUT2D eigenvalue weighted by atomic mass is 15.2. The van der Waals surface area contributed by atoms with Crippen molar-refractivity contribution in [3.63, 3.8) is 0 Å². The summed E-state index contributed by atoms with van der Waals surface area (Å²) in [6, 6.07) is 2.12. The van der Waals surface area contributed by atoms with Crippen molar-refractivity contribution in [2.75, 3.05) is 45.2 Å². The lowest BCUT2D eigenvalue weighted by Crippen LogP contribution is -2.44. The Bertz CT molecular complexity index is 332. The number of piperazine rings is 1. The monoisotopic (exact) mass is 220 g/mol. The number of rotatable bonds is 3. The smallest absolute Gasteiger partial charge is 0.0443 e. The van der Waals surface area contributed by atoms with Gasteiger partial charge in [-0.15, -0.1) is 0 Å². The van der Waals surface area contributed by atoms with Crippen LogP contribution in [-0.2, 0) is 6.54 Å². The third kappa shape index (κ3) is 2.51. The molecule has 1 saturated heterocycles. The molecule has 0 saturated carbocycles. The van der Waals surface area contributed by atoms with E-state index in [-0.39, 0.29) is 0 Å². The molecule has 1 aromatic rings. The fourth-order valence-corrected chi connectivity index (χ4v) is 2.10. The van der Waals surface area contributed by atoms with Gasteiger partial charge in [-0.3, -0.25) is 4.98 Å². The topological polar surface area (TPSA) is 31.4 Å². The Morgan fingerprint density at radius 1 is 1.31 bits per heavy atom. The van der Waals surface area contributed by atoms with Gasteiger partial charge in [0.25, 0.3) is 0 Å². The van der Waals surface area contributed by atoms with Crippen LogP contribution in [-0.4, -0.2) is 50.2 Å². The van der Waals surface area contributed by atoms with Crippen LogP contribution in [0.25, 0.3) is 0 Å². The molecule has 4 heteroatoms. The summed E-state index contributed by atoms with van der Waals surface area (Å²) in [5.41, 5.74) is 2.62. The lowest BCUT2D eigenvalue weighted by atomic mass is 10.2. The summed E-state index contributed by atoms with van der Waals surface area (Å²) in [6.45, 7) is 5.38. The number of nitrogens with zero attached hydrogens (tertiary/aromatic N) is 3. The molecular formula is C12H20N4. The zero-order valence-corrected chi connectivity index (χ0v) is 10.1. The third-order valence-electron chi connectivity index (χ3n) is 3.09. The van der Waals surface area contributed by atoms with Gasteiger partial charge in [-0.1, -0.05) is 0 Å². The largest absolute Gasteiger partial charge is 0.369 e. The summed E-state index contributed by atoms with van der Waals surface area (Å²) in [5.74, 6) is 0. The molecule has 1 N–H and O–H groups in total. The molecule has 88 valence electrons. The highest BCUT2D eigenvalue weighted by molar-refractivity contribution is 5.52. The van der Waals surface area contributed by atoms with Crippen LogP contribution in [0.4, 0.5) is 5.69 Å². The van der Waals surface area contributed by atoms with Crippen molar-refractivity contribution in [3.05, 3.63) is 24.0 Å². The second-order valence-corrected chi connectivity index (χ2v) is 4.33. The fourth-order valence-electron chi connectivity index (χ4n) is 2.10. The molecule has 0 unspecified atom stereocenters. The lowest BCUT2D eigenvalue weighted by molar-refractivity contribution is 0.312. The molecule has 0 bridgehead atoms. The molecule has 4 nitrogen and oxygen atoms in total.